The van der Waals surface area contributed by atoms with Gasteiger partial charge in [-0.05, 0) is 30.5 Å². The number of aromatic nitrogens is 3. The molecule has 0 fully saturated rings. The van der Waals surface area contributed by atoms with Gasteiger partial charge in [-0.25, -0.2) is 0 Å². The van der Waals surface area contributed by atoms with Gasteiger partial charge in [-0.2, -0.15) is 10.1 Å². The van der Waals surface area contributed by atoms with Crippen molar-refractivity contribution in [3.05, 3.63) is 71.4 Å². The van der Waals surface area contributed by atoms with Gasteiger partial charge in [0.15, 0.2) is 5.82 Å². The van der Waals surface area contributed by atoms with E-state index in [0.29, 0.717) is 16.8 Å². The van der Waals surface area contributed by atoms with E-state index in [2.05, 4.69) is 50.1 Å². The molecule has 3 rings (SSSR count). The summed E-state index contributed by atoms with van der Waals surface area (Å²) in [6.07, 6.45) is 3.58. The first-order valence-electron chi connectivity index (χ1n) is 7.80. The van der Waals surface area contributed by atoms with Crippen LogP contribution in [0.5, 0.6) is 0 Å². The lowest BCUT2D eigenvalue weighted by Gasteiger charge is -2.08. The fourth-order valence-corrected chi connectivity index (χ4v) is 2.46. The smallest absolute Gasteiger partial charge is 0.244 e. The molecule has 1 heterocycles. The van der Waals surface area contributed by atoms with Gasteiger partial charge in [0.1, 0.15) is 0 Å². The topological polar surface area (TPSA) is 62.7 Å². The first-order valence-corrected chi connectivity index (χ1v) is 8.18. The van der Waals surface area contributed by atoms with Crippen LogP contribution in [-0.4, -0.2) is 21.7 Å². The Kier molecular flexibility index (Phi) is 5.58. The van der Waals surface area contributed by atoms with Crippen molar-refractivity contribution in [3.63, 3.8) is 0 Å². The van der Waals surface area contributed by atoms with E-state index in [-0.39, 0.29) is 0 Å². The summed E-state index contributed by atoms with van der Waals surface area (Å²) in [4.78, 5) is 4.40. The standard InChI is InChI=1S/C18H18ClN5/c19-15-10-4-5-11-16(15)22-17-13-21-24-18(23-17)20-12-6-9-14-7-2-1-3-8-14/h1-5,7-8,10-11,13H,6,9,12H2,(H2,20,22,23,24). The van der Waals surface area contributed by atoms with Gasteiger partial charge in [0.2, 0.25) is 5.95 Å². The number of hydrogen-bond acceptors (Lipinski definition) is 5. The van der Waals surface area contributed by atoms with E-state index >= 15 is 0 Å². The molecule has 122 valence electrons. The van der Waals surface area contributed by atoms with Crippen LogP contribution in [-0.2, 0) is 6.42 Å². The minimum absolute atomic E-state index is 0.500. The summed E-state index contributed by atoms with van der Waals surface area (Å²) in [5.74, 6) is 1.10. The van der Waals surface area contributed by atoms with Crippen LogP contribution in [0.25, 0.3) is 0 Å². The second kappa shape index (κ2) is 8.26. The maximum atomic E-state index is 6.13. The van der Waals surface area contributed by atoms with Crippen LogP contribution < -0.4 is 10.6 Å². The average molecular weight is 340 g/mol. The molecule has 3 aromatic rings. The molecule has 0 saturated carbocycles. The molecule has 24 heavy (non-hydrogen) atoms. The molecule has 0 bridgehead atoms. The Morgan fingerprint density at radius 3 is 2.58 bits per heavy atom. The first-order chi connectivity index (χ1) is 11.8. The van der Waals surface area contributed by atoms with Gasteiger partial charge < -0.3 is 10.6 Å². The predicted octanol–water partition coefficient (Wildman–Crippen LogP) is 4.31. The van der Waals surface area contributed by atoms with Crippen LogP contribution in [0.3, 0.4) is 0 Å². The first kappa shape index (κ1) is 16.2. The normalized spacial score (nSPS) is 10.4. The number of para-hydroxylation sites is 1. The SMILES string of the molecule is Clc1ccccc1Nc1cnnc(NCCCc2ccccc2)n1. The zero-order chi connectivity index (χ0) is 16.6. The summed E-state index contributed by atoms with van der Waals surface area (Å²) in [5.41, 5.74) is 2.11. The number of benzene rings is 2. The molecule has 0 amide bonds. The van der Waals surface area contributed by atoms with Crippen molar-refractivity contribution in [2.24, 2.45) is 0 Å². The molecule has 0 aliphatic carbocycles. The number of nitrogens with zero attached hydrogens (tertiary/aromatic N) is 3. The molecule has 2 aromatic carbocycles. The summed E-state index contributed by atoms with van der Waals surface area (Å²) in [7, 11) is 0. The highest BCUT2D eigenvalue weighted by atomic mass is 35.5. The molecule has 1 aromatic heterocycles. The van der Waals surface area contributed by atoms with Gasteiger partial charge in [0.05, 0.1) is 16.9 Å². The Hall–Kier alpha value is -2.66. The van der Waals surface area contributed by atoms with Gasteiger partial charge in [-0.15, -0.1) is 5.10 Å². The van der Waals surface area contributed by atoms with Gasteiger partial charge in [0, 0.05) is 6.54 Å². The van der Waals surface area contributed by atoms with Gasteiger partial charge in [-0.3, -0.25) is 0 Å². The molecule has 0 saturated heterocycles. The number of hydrogen-bond donors (Lipinski definition) is 2. The van der Waals surface area contributed by atoms with Crippen LogP contribution >= 0.6 is 11.6 Å². The summed E-state index contributed by atoms with van der Waals surface area (Å²) in [5, 5.41) is 14.9. The van der Waals surface area contributed by atoms with Crippen molar-refractivity contribution >= 4 is 29.1 Å². The van der Waals surface area contributed by atoms with Crippen molar-refractivity contribution in [2.75, 3.05) is 17.2 Å². The van der Waals surface area contributed by atoms with Crippen molar-refractivity contribution < 1.29 is 0 Å². The number of rotatable bonds is 7. The van der Waals surface area contributed by atoms with E-state index in [1.807, 2.05) is 30.3 Å². The molecular formula is C18H18ClN5. The van der Waals surface area contributed by atoms with Crippen molar-refractivity contribution in [1.29, 1.82) is 0 Å². The third-order valence-electron chi connectivity index (χ3n) is 3.46. The van der Waals surface area contributed by atoms with E-state index in [9.17, 15) is 0 Å². The molecule has 0 radical (unpaired) electrons. The van der Waals surface area contributed by atoms with Crippen molar-refractivity contribution in [1.82, 2.24) is 15.2 Å². The van der Waals surface area contributed by atoms with Crippen LogP contribution in [0.2, 0.25) is 5.02 Å². The zero-order valence-electron chi connectivity index (χ0n) is 13.1. The monoisotopic (exact) mass is 339 g/mol. The quantitative estimate of drug-likeness (QED) is 0.628. The second-order valence-corrected chi connectivity index (χ2v) is 5.69. The van der Waals surface area contributed by atoms with Gasteiger partial charge >= 0.3 is 0 Å². The van der Waals surface area contributed by atoms with E-state index in [4.69, 9.17) is 11.6 Å². The average Bonchev–Trinajstić information content (AvgIpc) is 2.62. The van der Waals surface area contributed by atoms with Crippen LogP contribution in [0.4, 0.5) is 17.5 Å². The fourth-order valence-electron chi connectivity index (χ4n) is 2.28. The van der Waals surface area contributed by atoms with Gasteiger partial charge in [0.25, 0.3) is 0 Å². The van der Waals surface area contributed by atoms with Crippen molar-refractivity contribution in [2.45, 2.75) is 12.8 Å². The maximum absolute atomic E-state index is 6.13. The molecular weight excluding hydrogens is 322 g/mol. The van der Waals surface area contributed by atoms with Crippen LogP contribution in [0.1, 0.15) is 12.0 Å². The zero-order valence-corrected chi connectivity index (χ0v) is 13.9. The summed E-state index contributed by atoms with van der Waals surface area (Å²) >= 11 is 6.13. The lowest BCUT2D eigenvalue weighted by Crippen LogP contribution is -2.08. The molecule has 6 heteroatoms. The Morgan fingerprint density at radius 2 is 1.75 bits per heavy atom. The molecule has 0 spiro atoms. The molecule has 0 aliphatic heterocycles. The number of anilines is 3. The minimum atomic E-state index is 0.500. The van der Waals surface area contributed by atoms with Crippen LogP contribution in [0, 0.1) is 0 Å². The summed E-state index contributed by atoms with van der Waals surface area (Å²) in [6.45, 7) is 0.784. The van der Waals surface area contributed by atoms with E-state index in [1.54, 1.807) is 6.20 Å². The number of nitrogens with one attached hydrogen (secondary N) is 2. The van der Waals surface area contributed by atoms with Crippen LogP contribution in [0.15, 0.2) is 60.8 Å². The highest BCUT2D eigenvalue weighted by molar-refractivity contribution is 6.33. The molecule has 5 nitrogen and oxygen atoms in total. The fraction of sp³-hybridized carbons (Fsp3) is 0.167. The minimum Gasteiger partial charge on any atom is -0.353 e. The van der Waals surface area contributed by atoms with Crippen molar-refractivity contribution in [3.8, 4) is 0 Å². The molecule has 0 atom stereocenters. The maximum Gasteiger partial charge on any atom is 0.244 e. The lowest BCUT2D eigenvalue weighted by atomic mass is 10.1. The van der Waals surface area contributed by atoms with E-state index in [1.165, 1.54) is 5.56 Å². The third kappa shape index (κ3) is 4.67. The number of halogens is 1. The number of aryl methyl sites for hydroxylation is 1. The van der Waals surface area contributed by atoms with E-state index in [0.717, 1.165) is 25.1 Å². The van der Waals surface area contributed by atoms with E-state index < -0.39 is 0 Å². The predicted molar refractivity (Wildman–Crippen MR) is 97.8 cm³/mol. The third-order valence-corrected chi connectivity index (χ3v) is 3.79. The largest absolute Gasteiger partial charge is 0.353 e. The Bertz CT molecular complexity index is 779. The Balaban J connectivity index is 1.53. The highest BCUT2D eigenvalue weighted by Gasteiger charge is 2.03. The Labute approximate surface area is 146 Å². The lowest BCUT2D eigenvalue weighted by molar-refractivity contribution is 0.843. The molecule has 0 unspecified atom stereocenters. The highest BCUT2D eigenvalue weighted by Crippen LogP contribution is 2.23. The molecule has 0 aliphatic rings. The second-order valence-electron chi connectivity index (χ2n) is 5.29. The van der Waals surface area contributed by atoms with Gasteiger partial charge in [-0.1, -0.05) is 54.1 Å². The molecule has 2 N–H and O–H groups in total. The summed E-state index contributed by atoms with van der Waals surface area (Å²) < 4.78 is 0. The summed E-state index contributed by atoms with van der Waals surface area (Å²) in [6, 6.07) is 17.9. The Morgan fingerprint density at radius 1 is 0.958 bits per heavy atom.